The van der Waals surface area contributed by atoms with Crippen molar-refractivity contribution in [1.29, 1.82) is 0 Å². The van der Waals surface area contributed by atoms with Crippen molar-refractivity contribution < 1.29 is 9.53 Å². The van der Waals surface area contributed by atoms with E-state index in [9.17, 15) is 4.79 Å². The average molecular weight is 335 g/mol. The summed E-state index contributed by atoms with van der Waals surface area (Å²) >= 11 is 3.41. The lowest BCUT2D eigenvalue weighted by atomic mass is 10.2. The molecule has 1 amide bonds. The maximum absolute atomic E-state index is 11.2. The molecule has 0 bridgehead atoms. The van der Waals surface area contributed by atoms with Gasteiger partial charge in [-0.25, -0.2) is 0 Å². The summed E-state index contributed by atoms with van der Waals surface area (Å²) in [7, 11) is 0. The number of carbonyl (C=O) groups is 1. The summed E-state index contributed by atoms with van der Waals surface area (Å²) in [5, 5.41) is 2.74. The molecule has 3 N–H and O–H groups in total. The van der Waals surface area contributed by atoms with Crippen molar-refractivity contribution in [2.24, 2.45) is 5.73 Å². The Kier molecular flexibility index (Phi) is 4.76. The van der Waals surface area contributed by atoms with Crippen molar-refractivity contribution >= 4 is 27.5 Å². The van der Waals surface area contributed by atoms with E-state index in [4.69, 9.17) is 10.5 Å². The molecule has 4 nitrogen and oxygen atoms in total. The second-order valence-corrected chi connectivity index (χ2v) is 5.15. The third kappa shape index (κ3) is 3.59. The predicted molar refractivity (Wildman–Crippen MR) is 82.9 cm³/mol. The highest BCUT2D eigenvalue weighted by atomic mass is 79.9. The fraction of sp³-hybridized carbons (Fsp3) is 0.133. The molecular formula is C15H15BrN2O2. The van der Waals surface area contributed by atoms with Crippen LogP contribution < -0.4 is 15.8 Å². The number of halogens is 1. The molecule has 5 heteroatoms. The Morgan fingerprint density at radius 1 is 1.25 bits per heavy atom. The van der Waals surface area contributed by atoms with Crippen LogP contribution in [-0.4, -0.2) is 5.91 Å². The van der Waals surface area contributed by atoms with Crippen molar-refractivity contribution in [3.8, 4) is 11.5 Å². The summed E-state index contributed by atoms with van der Waals surface area (Å²) in [6, 6.07) is 12.9. The second-order valence-electron chi connectivity index (χ2n) is 4.24. The zero-order valence-corrected chi connectivity index (χ0v) is 12.6. The van der Waals surface area contributed by atoms with Crippen LogP contribution in [0.3, 0.4) is 0 Å². The fourth-order valence-electron chi connectivity index (χ4n) is 1.76. The van der Waals surface area contributed by atoms with E-state index < -0.39 is 0 Å². The first-order valence-corrected chi connectivity index (χ1v) is 6.92. The van der Waals surface area contributed by atoms with E-state index in [1.165, 1.54) is 6.92 Å². The molecule has 0 atom stereocenters. The summed E-state index contributed by atoms with van der Waals surface area (Å²) in [6.45, 7) is 1.84. The summed E-state index contributed by atoms with van der Waals surface area (Å²) in [4.78, 5) is 11.2. The number of hydrogen-bond donors (Lipinski definition) is 2. The van der Waals surface area contributed by atoms with Gasteiger partial charge in [0, 0.05) is 23.5 Å². The maximum Gasteiger partial charge on any atom is 0.221 e. The molecule has 0 aromatic heterocycles. The van der Waals surface area contributed by atoms with Crippen molar-refractivity contribution in [2.45, 2.75) is 13.5 Å². The first-order valence-electron chi connectivity index (χ1n) is 6.13. The van der Waals surface area contributed by atoms with Gasteiger partial charge < -0.3 is 15.8 Å². The number of benzene rings is 2. The third-order valence-electron chi connectivity index (χ3n) is 2.67. The molecule has 0 spiro atoms. The van der Waals surface area contributed by atoms with Gasteiger partial charge in [-0.05, 0) is 24.3 Å². The highest BCUT2D eigenvalue weighted by Gasteiger charge is 2.09. The highest BCUT2D eigenvalue weighted by Crippen LogP contribution is 2.32. The number of ether oxygens (including phenoxy) is 1. The van der Waals surface area contributed by atoms with Crippen molar-refractivity contribution in [2.75, 3.05) is 5.32 Å². The first kappa shape index (κ1) is 14.6. The second kappa shape index (κ2) is 6.54. The first-order chi connectivity index (χ1) is 9.60. The smallest absolute Gasteiger partial charge is 0.221 e. The van der Waals surface area contributed by atoms with Crippen LogP contribution in [0.5, 0.6) is 11.5 Å². The Bertz CT molecular complexity index is 629. The van der Waals surface area contributed by atoms with Gasteiger partial charge in [0.15, 0.2) is 5.75 Å². The van der Waals surface area contributed by atoms with E-state index in [1.807, 2.05) is 30.3 Å². The molecule has 0 saturated heterocycles. The van der Waals surface area contributed by atoms with E-state index in [2.05, 4.69) is 21.2 Å². The summed E-state index contributed by atoms with van der Waals surface area (Å²) < 4.78 is 6.79. The molecule has 20 heavy (non-hydrogen) atoms. The lowest BCUT2D eigenvalue weighted by molar-refractivity contribution is -0.114. The van der Waals surface area contributed by atoms with E-state index in [1.54, 1.807) is 12.1 Å². The SMILES string of the molecule is CC(=O)Nc1ccccc1Oc1cc(Br)ccc1CN. The van der Waals surface area contributed by atoms with Crippen LogP contribution in [0.1, 0.15) is 12.5 Å². The summed E-state index contributed by atoms with van der Waals surface area (Å²) in [6.07, 6.45) is 0. The number of carbonyl (C=O) groups excluding carboxylic acids is 1. The number of anilines is 1. The van der Waals surface area contributed by atoms with Crippen LogP contribution in [0, 0.1) is 0 Å². The molecule has 0 radical (unpaired) electrons. The Balaban J connectivity index is 2.34. The lowest BCUT2D eigenvalue weighted by Gasteiger charge is -2.14. The highest BCUT2D eigenvalue weighted by molar-refractivity contribution is 9.10. The Labute approximate surface area is 126 Å². The summed E-state index contributed by atoms with van der Waals surface area (Å²) in [5.41, 5.74) is 7.23. The molecule has 0 fully saturated rings. The van der Waals surface area contributed by atoms with Gasteiger partial charge >= 0.3 is 0 Å². The monoisotopic (exact) mass is 334 g/mol. The van der Waals surface area contributed by atoms with Gasteiger partial charge in [-0.3, -0.25) is 4.79 Å². The number of rotatable bonds is 4. The molecule has 0 aliphatic rings. The van der Waals surface area contributed by atoms with Crippen molar-refractivity contribution in [3.63, 3.8) is 0 Å². The minimum atomic E-state index is -0.144. The van der Waals surface area contributed by atoms with Gasteiger partial charge in [0.1, 0.15) is 5.75 Å². The van der Waals surface area contributed by atoms with Gasteiger partial charge in [0.05, 0.1) is 5.69 Å². The average Bonchev–Trinajstić information content (AvgIpc) is 2.41. The van der Waals surface area contributed by atoms with Crippen LogP contribution in [0.2, 0.25) is 0 Å². The van der Waals surface area contributed by atoms with Crippen molar-refractivity contribution in [1.82, 2.24) is 0 Å². The van der Waals surface area contributed by atoms with Gasteiger partial charge in [0.25, 0.3) is 0 Å². The topological polar surface area (TPSA) is 64.3 Å². The molecule has 2 rings (SSSR count). The molecule has 2 aromatic carbocycles. The number of nitrogens with two attached hydrogens (primary N) is 1. The summed E-state index contributed by atoms with van der Waals surface area (Å²) in [5.74, 6) is 1.10. The van der Waals surface area contributed by atoms with E-state index in [0.717, 1.165) is 10.0 Å². The van der Waals surface area contributed by atoms with Gasteiger partial charge in [0.2, 0.25) is 5.91 Å². The molecule has 104 valence electrons. The fourth-order valence-corrected chi connectivity index (χ4v) is 2.10. The van der Waals surface area contributed by atoms with Crippen LogP contribution in [0.15, 0.2) is 46.9 Å². The Morgan fingerprint density at radius 3 is 2.70 bits per heavy atom. The molecule has 0 saturated carbocycles. The van der Waals surface area contributed by atoms with Crippen LogP contribution >= 0.6 is 15.9 Å². The van der Waals surface area contributed by atoms with E-state index in [0.29, 0.717) is 23.7 Å². The molecule has 0 aliphatic heterocycles. The Morgan fingerprint density at radius 2 is 2.00 bits per heavy atom. The lowest BCUT2D eigenvalue weighted by Crippen LogP contribution is -2.07. The number of para-hydroxylation sites is 2. The van der Waals surface area contributed by atoms with E-state index in [-0.39, 0.29) is 5.91 Å². The van der Waals surface area contributed by atoms with Gasteiger partial charge in [-0.1, -0.05) is 34.1 Å². The molecule has 2 aromatic rings. The van der Waals surface area contributed by atoms with Crippen LogP contribution in [-0.2, 0) is 11.3 Å². The normalized spacial score (nSPS) is 10.2. The van der Waals surface area contributed by atoms with Crippen LogP contribution in [0.4, 0.5) is 5.69 Å². The zero-order valence-electron chi connectivity index (χ0n) is 11.0. The Hall–Kier alpha value is -1.85. The van der Waals surface area contributed by atoms with Crippen LogP contribution in [0.25, 0.3) is 0 Å². The quantitative estimate of drug-likeness (QED) is 0.896. The maximum atomic E-state index is 11.2. The van der Waals surface area contributed by atoms with E-state index >= 15 is 0 Å². The number of amides is 1. The largest absolute Gasteiger partial charge is 0.455 e. The number of nitrogens with one attached hydrogen (secondary N) is 1. The molecule has 0 aliphatic carbocycles. The third-order valence-corrected chi connectivity index (χ3v) is 3.16. The minimum Gasteiger partial charge on any atom is -0.455 e. The predicted octanol–water partition coefficient (Wildman–Crippen LogP) is 3.66. The molecular weight excluding hydrogens is 320 g/mol. The minimum absolute atomic E-state index is 0.144. The molecule has 0 heterocycles. The van der Waals surface area contributed by atoms with Gasteiger partial charge in [-0.2, -0.15) is 0 Å². The van der Waals surface area contributed by atoms with Crippen molar-refractivity contribution in [3.05, 3.63) is 52.5 Å². The number of hydrogen-bond acceptors (Lipinski definition) is 3. The zero-order chi connectivity index (χ0) is 14.5. The standard InChI is InChI=1S/C15H15BrN2O2/c1-10(19)18-13-4-2-3-5-14(13)20-15-8-12(16)7-6-11(15)9-17/h2-8H,9,17H2,1H3,(H,18,19). The molecule has 0 unspecified atom stereocenters. The van der Waals surface area contributed by atoms with Gasteiger partial charge in [-0.15, -0.1) is 0 Å².